The van der Waals surface area contributed by atoms with E-state index >= 15 is 0 Å². The van der Waals surface area contributed by atoms with Crippen LogP contribution in [0.5, 0.6) is 0 Å². The van der Waals surface area contributed by atoms with Gasteiger partial charge in [-0.1, -0.05) is 18.2 Å². The molecule has 0 aliphatic carbocycles. The number of nitrogens with one attached hydrogen (secondary N) is 1. The Morgan fingerprint density at radius 1 is 1.21 bits per heavy atom. The molecule has 5 nitrogen and oxygen atoms in total. The normalized spacial score (nSPS) is 10.1. The van der Waals surface area contributed by atoms with E-state index in [1.54, 1.807) is 18.2 Å². The topological polar surface area (TPSA) is 86.3 Å². The van der Waals surface area contributed by atoms with Crippen molar-refractivity contribution in [2.24, 2.45) is 0 Å². The Morgan fingerprint density at radius 3 is 2.14 bits per heavy atom. The third-order valence-electron chi connectivity index (χ3n) is 1.25. The Labute approximate surface area is 104 Å². The molecule has 1 aromatic rings. The van der Waals surface area contributed by atoms with Crippen molar-refractivity contribution in [3.05, 3.63) is 30.3 Å². The second-order valence-corrected chi connectivity index (χ2v) is 3.51. The Balaban J connectivity index is 0.00000169. The zero-order valence-corrected chi connectivity index (χ0v) is 10.2. The predicted molar refractivity (Wildman–Crippen MR) is 45.2 cm³/mol. The summed E-state index contributed by atoms with van der Waals surface area (Å²) in [6, 6.07) is 7.85. The van der Waals surface area contributed by atoms with Crippen LogP contribution in [0, 0.1) is 0 Å². The molecule has 0 heterocycles. The molecule has 0 saturated heterocycles. The van der Waals surface area contributed by atoms with Crippen molar-refractivity contribution in [1.29, 1.82) is 0 Å². The second kappa shape index (κ2) is 5.47. The van der Waals surface area contributed by atoms with E-state index in [-0.39, 0.29) is 35.2 Å². The van der Waals surface area contributed by atoms with E-state index in [2.05, 4.69) is 0 Å². The van der Waals surface area contributed by atoms with E-state index in [0.717, 1.165) is 0 Å². The number of hydrogen-bond acceptors (Lipinski definition) is 4. The first-order valence-electron chi connectivity index (χ1n) is 3.32. The van der Waals surface area contributed by atoms with Crippen molar-refractivity contribution in [3.63, 3.8) is 0 Å². The maximum atomic E-state index is 10.6. The van der Waals surface area contributed by atoms with Crippen LogP contribution in [0.1, 0.15) is 0 Å². The van der Waals surface area contributed by atoms with Crippen LogP contribution in [0.25, 0.3) is 0 Å². The SMILES string of the molecule is O=C(Nc1ccccc1)S(=O)(=O)[O-].[Na+]. The van der Waals surface area contributed by atoms with Gasteiger partial charge in [-0.3, -0.25) is 4.79 Å². The number of para-hydroxylation sites is 1. The Kier molecular flexibility index (Phi) is 5.32. The van der Waals surface area contributed by atoms with Gasteiger partial charge in [-0.2, -0.15) is 0 Å². The third-order valence-corrected chi connectivity index (χ3v) is 1.80. The van der Waals surface area contributed by atoms with Gasteiger partial charge < -0.3 is 9.87 Å². The summed E-state index contributed by atoms with van der Waals surface area (Å²) >= 11 is 0. The standard InChI is InChI=1S/C7H7NO4S.Na/c9-7(13(10,11)12)8-6-4-2-1-3-5-6;/h1-5H,(H,8,9)(H,10,11,12);/q;+1/p-1. The monoisotopic (exact) mass is 223 g/mol. The van der Waals surface area contributed by atoms with E-state index in [4.69, 9.17) is 0 Å². The zero-order chi connectivity index (χ0) is 9.90. The molecule has 70 valence electrons. The van der Waals surface area contributed by atoms with E-state index in [1.807, 2.05) is 5.32 Å². The van der Waals surface area contributed by atoms with Crippen molar-refractivity contribution >= 4 is 21.0 Å². The van der Waals surface area contributed by atoms with Gasteiger partial charge in [-0.05, 0) is 12.1 Å². The molecule has 1 rings (SSSR count). The number of benzene rings is 1. The minimum atomic E-state index is -4.90. The Bertz CT molecular complexity index is 403. The molecule has 0 spiro atoms. The van der Waals surface area contributed by atoms with Gasteiger partial charge in [-0.15, -0.1) is 0 Å². The molecule has 7 heteroatoms. The quantitative estimate of drug-likeness (QED) is 0.431. The third kappa shape index (κ3) is 4.21. The van der Waals surface area contributed by atoms with Crippen LogP contribution in [-0.2, 0) is 10.1 Å². The summed E-state index contributed by atoms with van der Waals surface area (Å²) in [5.74, 6) is 0. The number of hydrogen-bond donors (Lipinski definition) is 1. The number of anilines is 1. The smallest absolute Gasteiger partial charge is 0.740 e. The van der Waals surface area contributed by atoms with Gasteiger partial charge in [0.25, 0.3) is 0 Å². The fourth-order valence-electron chi connectivity index (χ4n) is 0.702. The van der Waals surface area contributed by atoms with Crippen molar-refractivity contribution in [1.82, 2.24) is 0 Å². The first-order valence-corrected chi connectivity index (χ1v) is 4.73. The summed E-state index contributed by atoms with van der Waals surface area (Å²) < 4.78 is 30.5. The molecule has 0 aliphatic rings. The number of amides is 1. The summed E-state index contributed by atoms with van der Waals surface area (Å²) in [5.41, 5.74) is 0.270. The van der Waals surface area contributed by atoms with Crippen LogP contribution >= 0.6 is 0 Å². The molecular formula is C7H6NNaO4S. The first kappa shape index (κ1) is 13.6. The van der Waals surface area contributed by atoms with Crippen molar-refractivity contribution in [2.45, 2.75) is 0 Å². The molecule has 1 N–H and O–H groups in total. The molecular weight excluding hydrogens is 217 g/mol. The number of carbonyl (C=O) groups is 1. The molecule has 1 amide bonds. The average Bonchev–Trinajstić information content (AvgIpc) is 2.04. The average molecular weight is 223 g/mol. The van der Waals surface area contributed by atoms with Crippen LogP contribution in [-0.4, -0.2) is 18.2 Å². The van der Waals surface area contributed by atoms with Gasteiger partial charge in [0.15, 0.2) is 10.1 Å². The Hall–Kier alpha value is -0.400. The predicted octanol–water partition coefficient (Wildman–Crippen LogP) is -2.23. The fourth-order valence-corrected chi connectivity index (χ4v) is 0.945. The molecule has 0 unspecified atom stereocenters. The van der Waals surface area contributed by atoms with Crippen molar-refractivity contribution in [3.8, 4) is 0 Å². The summed E-state index contributed by atoms with van der Waals surface area (Å²) in [4.78, 5) is 10.6. The van der Waals surface area contributed by atoms with Gasteiger partial charge in [0.1, 0.15) is 0 Å². The number of rotatable bonds is 1. The van der Waals surface area contributed by atoms with Crippen molar-refractivity contribution < 1.29 is 47.3 Å². The van der Waals surface area contributed by atoms with Crippen LogP contribution < -0.4 is 34.9 Å². The summed E-state index contributed by atoms with van der Waals surface area (Å²) in [5, 5.41) is 0.400. The molecule has 0 saturated carbocycles. The van der Waals surface area contributed by atoms with Gasteiger partial charge in [0.05, 0.1) is 0 Å². The van der Waals surface area contributed by atoms with Gasteiger partial charge in [0.2, 0.25) is 0 Å². The summed E-state index contributed by atoms with van der Waals surface area (Å²) in [6.45, 7) is 0. The molecule has 0 fully saturated rings. The molecule has 14 heavy (non-hydrogen) atoms. The van der Waals surface area contributed by atoms with Gasteiger partial charge >= 0.3 is 34.8 Å². The molecule has 0 aromatic heterocycles. The first-order chi connectivity index (χ1) is 6.00. The Morgan fingerprint density at radius 2 is 1.71 bits per heavy atom. The van der Waals surface area contributed by atoms with E-state index in [0.29, 0.717) is 0 Å². The van der Waals surface area contributed by atoms with E-state index in [9.17, 15) is 17.8 Å². The van der Waals surface area contributed by atoms with E-state index < -0.39 is 15.4 Å². The molecule has 0 aliphatic heterocycles. The minimum Gasteiger partial charge on any atom is -0.740 e. The maximum Gasteiger partial charge on any atom is 1.00 e. The molecule has 0 bridgehead atoms. The summed E-state index contributed by atoms with van der Waals surface area (Å²) in [6.07, 6.45) is 0. The minimum absolute atomic E-state index is 0. The zero-order valence-electron chi connectivity index (χ0n) is 7.43. The van der Waals surface area contributed by atoms with Crippen molar-refractivity contribution in [2.75, 3.05) is 5.32 Å². The maximum absolute atomic E-state index is 10.6. The number of carbonyl (C=O) groups excluding carboxylic acids is 1. The second-order valence-electron chi connectivity index (χ2n) is 2.23. The van der Waals surface area contributed by atoms with Crippen LogP contribution in [0.2, 0.25) is 0 Å². The van der Waals surface area contributed by atoms with Gasteiger partial charge in [0, 0.05) is 5.69 Å². The van der Waals surface area contributed by atoms with Crippen LogP contribution in [0.4, 0.5) is 10.5 Å². The molecule has 1 aromatic carbocycles. The van der Waals surface area contributed by atoms with E-state index in [1.165, 1.54) is 12.1 Å². The largest absolute Gasteiger partial charge is 1.00 e. The van der Waals surface area contributed by atoms with Gasteiger partial charge in [-0.25, -0.2) is 8.42 Å². The fraction of sp³-hybridized carbons (Fsp3) is 0. The van der Waals surface area contributed by atoms with Crippen LogP contribution in [0.15, 0.2) is 30.3 Å². The molecule has 0 radical (unpaired) electrons. The summed E-state index contributed by atoms with van der Waals surface area (Å²) in [7, 11) is -4.90. The molecule has 0 atom stereocenters. The van der Waals surface area contributed by atoms with Crippen LogP contribution in [0.3, 0.4) is 0 Å².